The maximum Gasteiger partial charge on any atom is 0.0616 e. The first-order chi connectivity index (χ1) is 7.24. The lowest BCUT2D eigenvalue weighted by Gasteiger charge is -2.26. The minimum absolute atomic E-state index is 0. The normalized spacial score (nSPS) is 11.2. The van der Waals surface area contributed by atoms with Crippen molar-refractivity contribution in [1.29, 1.82) is 0 Å². The third kappa shape index (κ3) is 7.97. The number of aliphatic hydroxyl groups excluding tert-OH is 3. The van der Waals surface area contributed by atoms with E-state index in [0.717, 1.165) is 37.7 Å². The smallest absolute Gasteiger partial charge is 0.0616 e. The Morgan fingerprint density at radius 3 is 1.25 bits per heavy atom. The number of rotatable bonds is 10. The summed E-state index contributed by atoms with van der Waals surface area (Å²) in [5.41, 5.74) is 0. The fraction of sp³-hybridized carbons (Fsp3) is 1.00. The van der Waals surface area contributed by atoms with Gasteiger partial charge in [-0.25, -0.2) is 0 Å². The summed E-state index contributed by atoms with van der Waals surface area (Å²) in [6, 6.07) is 0. The van der Waals surface area contributed by atoms with Crippen molar-refractivity contribution in [2.24, 2.45) is 0 Å². The molecule has 0 heterocycles. The van der Waals surface area contributed by atoms with Crippen LogP contribution < -0.4 is 17.0 Å². The minimum atomic E-state index is -1.01. The van der Waals surface area contributed by atoms with Crippen LogP contribution in [0.3, 0.4) is 0 Å². The molecule has 0 aromatic heterocycles. The topological polar surface area (TPSA) is 60.7 Å². The van der Waals surface area contributed by atoms with Gasteiger partial charge in [-0.05, 0) is 6.92 Å². The van der Waals surface area contributed by atoms with Crippen LogP contribution in [0.1, 0.15) is 26.2 Å². The van der Waals surface area contributed by atoms with Crippen molar-refractivity contribution in [2.45, 2.75) is 26.2 Å². The molecular weight excluding hydrogens is 291 g/mol. The van der Waals surface area contributed by atoms with Gasteiger partial charge in [0.1, 0.15) is 0 Å². The quantitative estimate of drug-likeness (QED) is 0.416. The highest BCUT2D eigenvalue weighted by Gasteiger charge is 2.33. The van der Waals surface area contributed by atoms with Gasteiger partial charge in [-0.1, -0.05) is 0 Å². The van der Waals surface area contributed by atoms with E-state index in [2.05, 4.69) is 6.92 Å². The Hall–Kier alpha value is 0.790. The van der Waals surface area contributed by atoms with Crippen LogP contribution in [0.5, 0.6) is 0 Å². The zero-order valence-corrected chi connectivity index (χ0v) is 12.7. The molecule has 0 aromatic carbocycles. The van der Waals surface area contributed by atoms with E-state index in [0.29, 0.717) is 0 Å². The van der Waals surface area contributed by atoms with Gasteiger partial charge >= 0.3 is 0 Å². The second-order valence-corrected chi connectivity index (χ2v) is 8.72. The van der Waals surface area contributed by atoms with Gasteiger partial charge in [-0.15, -0.1) is 0 Å². The van der Waals surface area contributed by atoms with E-state index in [9.17, 15) is 0 Å². The molecule has 0 rings (SSSR count). The molecule has 3 nitrogen and oxygen atoms in total. The van der Waals surface area contributed by atoms with Gasteiger partial charge in [0.25, 0.3) is 0 Å². The lowest BCUT2D eigenvalue weighted by atomic mass is 10.5. The molecule has 0 saturated carbocycles. The highest BCUT2D eigenvalue weighted by molar-refractivity contribution is 7.75. The van der Waals surface area contributed by atoms with Gasteiger partial charge in [0.15, 0.2) is 0 Å². The molecule has 0 saturated heterocycles. The van der Waals surface area contributed by atoms with Gasteiger partial charge in [-0.3, -0.25) is 0 Å². The summed E-state index contributed by atoms with van der Waals surface area (Å²) < 4.78 is 0. The molecule has 0 aliphatic rings. The van der Waals surface area contributed by atoms with E-state index < -0.39 is 7.26 Å². The fourth-order valence-corrected chi connectivity index (χ4v) is 6.08. The lowest BCUT2D eigenvalue weighted by Crippen LogP contribution is -3.00. The molecule has 0 atom stereocenters. The Kier molecular flexibility index (Phi) is 14.7. The summed E-state index contributed by atoms with van der Waals surface area (Å²) in [4.78, 5) is 0. The number of aliphatic hydroxyl groups is 3. The van der Waals surface area contributed by atoms with Crippen LogP contribution in [-0.4, -0.2) is 59.8 Å². The first-order valence-corrected chi connectivity index (χ1v) is 8.45. The predicted molar refractivity (Wildman–Crippen MR) is 67.2 cm³/mol. The van der Waals surface area contributed by atoms with Crippen LogP contribution in [0.15, 0.2) is 0 Å². The summed E-state index contributed by atoms with van der Waals surface area (Å²) >= 11 is 0. The summed E-state index contributed by atoms with van der Waals surface area (Å²) in [5.74, 6) is 0. The Morgan fingerprint density at radius 2 is 1.06 bits per heavy atom. The molecule has 0 spiro atoms. The summed E-state index contributed by atoms with van der Waals surface area (Å²) in [6.45, 7) is 3.00. The van der Waals surface area contributed by atoms with Crippen molar-refractivity contribution < 1.29 is 32.3 Å². The molecule has 3 N–H and O–H groups in total. The molecule has 0 radical (unpaired) electrons. The first kappa shape index (κ1) is 19.1. The van der Waals surface area contributed by atoms with Crippen LogP contribution in [-0.2, 0) is 0 Å². The Bertz CT molecular complexity index is 125. The molecule has 0 aromatic rings. The molecule has 100 valence electrons. The molecule has 0 amide bonds. The van der Waals surface area contributed by atoms with Crippen LogP contribution in [0.2, 0.25) is 0 Å². The van der Waals surface area contributed by atoms with Crippen LogP contribution >= 0.6 is 7.26 Å². The highest BCUT2D eigenvalue weighted by Crippen LogP contribution is 2.59. The SMILES string of the molecule is CC[P+](CCCO)(CCCO)CCCO.[Br-]. The predicted octanol–water partition coefficient (Wildman–Crippen LogP) is -1.82. The maximum atomic E-state index is 8.89. The van der Waals surface area contributed by atoms with Crippen molar-refractivity contribution >= 4 is 7.26 Å². The number of halogens is 1. The fourth-order valence-electron chi connectivity index (χ4n) is 2.03. The van der Waals surface area contributed by atoms with Gasteiger partial charge in [0.2, 0.25) is 0 Å². The van der Waals surface area contributed by atoms with Crippen LogP contribution in [0, 0.1) is 0 Å². The van der Waals surface area contributed by atoms with Crippen LogP contribution in [0.4, 0.5) is 0 Å². The van der Waals surface area contributed by atoms with E-state index >= 15 is 0 Å². The third-order valence-corrected chi connectivity index (χ3v) is 8.18. The van der Waals surface area contributed by atoms with E-state index in [-0.39, 0.29) is 36.8 Å². The van der Waals surface area contributed by atoms with Gasteiger partial charge in [-0.2, -0.15) is 0 Å². The maximum absolute atomic E-state index is 8.89. The molecular formula is C11H26BrO3P. The third-order valence-electron chi connectivity index (χ3n) is 3.04. The zero-order chi connectivity index (χ0) is 11.6. The molecule has 0 unspecified atom stereocenters. The van der Waals surface area contributed by atoms with Crippen molar-refractivity contribution in [3.63, 3.8) is 0 Å². The second kappa shape index (κ2) is 12.3. The molecule has 0 bridgehead atoms. The average molecular weight is 317 g/mol. The molecule has 0 fully saturated rings. The standard InChI is InChI=1S/C11H26O3P.BrH/c1-2-15(9-3-6-12,10-4-7-13)11-5-8-14;/h12-14H,2-11H2,1H3;1H/q+1;/p-1. The largest absolute Gasteiger partial charge is 1.00 e. The lowest BCUT2D eigenvalue weighted by molar-refractivity contribution is -0.00000656. The average Bonchev–Trinajstić information content (AvgIpc) is 2.29. The van der Waals surface area contributed by atoms with Crippen molar-refractivity contribution in [3.05, 3.63) is 0 Å². The Balaban J connectivity index is 0. The minimum Gasteiger partial charge on any atom is -1.00 e. The summed E-state index contributed by atoms with van der Waals surface area (Å²) in [7, 11) is -1.01. The number of hydrogen-bond acceptors (Lipinski definition) is 3. The zero-order valence-electron chi connectivity index (χ0n) is 10.2. The molecule has 0 aliphatic carbocycles. The molecule has 0 aliphatic heterocycles. The Morgan fingerprint density at radius 1 is 0.750 bits per heavy atom. The molecule has 16 heavy (non-hydrogen) atoms. The monoisotopic (exact) mass is 316 g/mol. The second-order valence-electron chi connectivity index (χ2n) is 4.06. The van der Waals surface area contributed by atoms with Gasteiger partial charge in [0, 0.05) is 46.3 Å². The van der Waals surface area contributed by atoms with Gasteiger partial charge < -0.3 is 32.3 Å². The first-order valence-electron chi connectivity index (χ1n) is 5.92. The van der Waals surface area contributed by atoms with E-state index in [4.69, 9.17) is 15.3 Å². The summed E-state index contributed by atoms with van der Waals surface area (Å²) in [5, 5.41) is 26.7. The van der Waals surface area contributed by atoms with Crippen molar-refractivity contribution in [3.8, 4) is 0 Å². The van der Waals surface area contributed by atoms with E-state index in [1.165, 1.54) is 6.16 Å². The van der Waals surface area contributed by atoms with Crippen molar-refractivity contribution in [1.82, 2.24) is 0 Å². The van der Waals surface area contributed by atoms with Gasteiger partial charge in [0.05, 0.1) is 24.6 Å². The highest BCUT2D eigenvalue weighted by atomic mass is 79.9. The molecule has 5 heteroatoms. The van der Waals surface area contributed by atoms with E-state index in [1.54, 1.807) is 0 Å². The van der Waals surface area contributed by atoms with Crippen molar-refractivity contribution in [2.75, 3.05) is 44.5 Å². The van der Waals surface area contributed by atoms with E-state index in [1.807, 2.05) is 0 Å². The summed E-state index contributed by atoms with van der Waals surface area (Å²) in [6.07, 6.45) is 7.13. The number of hydrogen-bond donors (Lipinski definition) is 3. The Labute approximate surface area is 110 Å². The van der Waals surface area contributed by atoms with Crippen LogP contribution in [0.25, 0.3) is 0 Å².